The Morgan fingerprint density at radius 2 is 1.58 bits per heavy atom. The molecule has 0 spiro atoms. The molecule has 1 aliphatic rings. The Hall–Kier alpha value is -1.53. The highest BCUT2D eigenvalue weighted by Gasteiger charge is 2.51. The highest BCUT2D eigenvalue weighted by Crippen LogP contribution is 2.36. The summed E-state index contributed by atoms with van der Waals surface area (Å²) in [6, 6.07) is 7.54. The maximum absolute atomic E-state index is 10.2. The van der Waals surface area contributed by atoms with Crippen LogP contribution in [-0.2, 0) is 14.1 Å². The Labute approximate surface area is 113 Å². The van der Waals surface area contributed by atoms with E-state index < -0.39 is 0 Å². The average Bonchev–Trinajstić information content (AvgIpc) is 2.56. The number of hydrogen-bond donors (Lipinski definition) is 2. The Bertz CT molecular complexity index is 443. The summed E-state index contributed by atoms with van der Waals surface area (Å²) >= 11 is 0. The van der Waals surface area contributed by atoms with Gasteiger partial charge in [-0.25, -0.2) is 0 Å². The first-order chi connectivity index (χ1) is 8.86. The van der Waals surface area contributed by atoms with Crippen molar-refractivity contribution in [3.63, 3.8) is 0 Å². The molecule has 2 rings (SSSR count). The largest absolute Gasteiger partial charge is 0.494 e. The van der Waals surface area contributed by atoms with Crippen molar-refractivity contribution in [2.45, 2.75) is 38.9 Å². The smallest absolute Gasteiger partial charge is 0.399 e. The van der Waals surface area contributed by atoms with Gasteiger partial charge in [0.2, 0.25) is 6.41 Å². The molecule has 0 aliphatic carbocycles. The number of hydrogen-bond acceptors (Lipinski definition) is 4. The molecule has 102 valence electrons. The van der Waals surface area contributed by atoms with E-state index in [0.717, 1.165) is 11.2 Å². The molecule has 0 atom stereocenters. The summed E-state index contributed by atoms with van der Waals surface area (Å²) in [6.45, 7) is 8.10. The number of amides is 1. The van der Waals surface area contributed by atoms with E-state index >= 15 is 0 Å². The van der Waals surface area contributed by atoms with Crippen molar-refractivity contribution < 1.29 is 14.1 Å². The molecule has 2 N–H and O–H groups in total. The number of anilines is 1. The van der Waals surface area contributed by atoms with Crippen LogP contribution in [0, 0.1) is 0 Å². The highest BCUT2D eigenvalue weighted by atomic mass is 16.7. The standard InChI is InChI=1S/C13H19BN2O3/c1-12(2)13(3,4)19-14(18-12)10-5-7-11(8-6-10)16-15-9-17/h5-9,16H,1-4H3,(H,15,17). The predicted molar refractivity (Wildman–Crippen MR) is 75.0 cm³/mol. The van der Waals surface area contributed by atoms with Gasteiger partial charge in [0.25, 0.3) is 0 Å². The zero-order valence-corrected chi connectivity index (χ0v) is 11.7. The van der Waals surface area contributed by atoms with E-state index in [-0.39, 0.29) is 18.3 Å². The third-order valence-electron chi connectivity index (χ3n) is 3.71. The molecule has 0 unspecified atom stereocenters. The molecule has 1 saturated heterocycles. The molecule has 5 nitrogen and oxygen atoms in total. The maximum atomic E-state index is 10.2. The van der Waals surface area contributed by atoms with Gasteiger partial charge >= 0.3 is 7.12 Å². The molecular formula is C13H19BN2O3. The molecule has 0 saturated carbocycles. The molecule has 1 aromatic rings. The maximum Gasteiger partial charge on any atom is 0.494 e. The van der Waals surface area contributed by atoms with Gasteiger partial charge in [-0.15, -0.1) is 0 Å². The van der Waals surface area contributed by atoms with Gasteiger partial charge in [0.15, 0.2) is 0 Å². The van der Waals surface area contributed by atoms with Crippen molar-refractivity contribution in [3.05, 3.63) is 24.3 Å². The van der Waals surface area contributed by atoms with Gasteiger partial charge in [0.05, 0.1) is 16.9 Å². The van der Waals surface area contributed by atoms with E-state index in [9.17, 15) is 4.79 Å². The minimum Gasteiger partial charge on any atom is -0.399 e. The fourth-order valence-electron chi connectivity index (χ4n) is 1.82. The summed E-state index contributed by atoms with van der Waals surface area (Å²) < 4.78 is 11.9. The minimum atomic E-state index is -0.363. The van der Waals surface area contributed by atoms with Crippen molar-refractivity contribution in [1.82, 2.24) is 5.43 Å². The van der Waals surface area contributed by atoms with Crippen molar-refractivity contribution in [1.29, 1.82) is 0 Å². The molecule has 1 amide bonds. The van der Waals surface area contributed by atoms with Crippen LogP contribution in [0.25, 0.3) is 0 Å². The predicted octanol–water partition coefficient (Wildman–Crippen LogP) is 1.06. The Balaban J connectivity index is 2.10. The fourth-order valence-corrected chi connectivity index (χ4v) is 1.82. The summed E-state index contributed by atoms with van der Waals surface area (Å²) in [7, 11) is -0.363. The van der Waals surface area contributed by atoms with Gasteiger partial charge in [-0.1, -0.05) is 12.1 Å². The van der Waals surface area contributed by atoms with Gasteiger partial charge in [-0.3, -0.25) is 15.6 Å². The Morgan fingerprint density at radius 1 is 1.05 bits per heavy atom. The Kier molecular flexibility index (Phi) is 3.56. The third kappa shape index (κ3) is 2.74. The molecule has 0 radical (unpaired) electrons. The van der Waals surface area contributed by atoms with Crippen LogP contribution in [0.3, 0.4) is 0 Å². The fraction of sp³-hybridized carbons (Fsp3) is 0.462. The van der Waals surface area contributed by atoms with E-state index in [0.29, 0.717) is 6.41 Å². The molecule has 19 heavy (non-hydrogen) atoms. The summed E-state index contributed by atoms with van der Waals surface area (Å²) in [5.41, 5.74) is 6.20. The Morgan fingerprint density at radius 3 is 2.05 bits per heavy atom. The molecular weight excluding hydrogens is 243 g/mol. The zero-order valence-electron chi connectivity index (χ0n) is 11.7. The number of hydrazine groups is 1. The normalized spacial score (nSPS) is 20.1. The second kappa shape index (κ2) is 4.87. The lowest BCUT2D eigenvalue weighted by atomic mass is 9.79. The minimum absolute atomic E-state index is 0.340. The lowest BCUT2D eigenvalue weighted by Gasteiger charge is -2.32. The van der Waals surface area contributed by atoms with Gasteiger partial charge in [-0.05, 0) is 45.3 Å². The first-order valence-corrected chi connectivity index (χ1v) is 6.26. The van der Waals surface area contributed by atoms with Crippen molar-refractivity contribution in [2.24, 2.45) is 0 Å². The molecule has 1 aliphatic heterocycles. The number of nitrogens with one attached hydrogen (secondary N) is 2. The number of rotatable bonds is 4. The molecule has 1 aromatic carbocycles. The molecule has 0 bridgehead atoms. The molecule has 6 heteroatoms. The average molecular weight is 262 g/mol. The summed E-state index contributed by atoms with van der Waals surface area (Å²) in [5, 5.41) is 0. The highest BCUT2D eigenvalue weighted by molar-refractivity contribution is 6.62. The van der Waals surface area contributed by atoms with Crippen LogP contribution < -0.4 is 16.3 Å². The van der Waals surface area contributed by atoms with Crippen LogP contribution in [0.15, 0.2) is 24.3 Å². The second-order valence-corrected chi connectivity index (χ2v) is 5.60. The van der Waals surface area contributed by atoms with Gasteiger partial charge in [-0.2, -0.15) is 0 Å². The van der Waals surface area contributed by atoms with E-state index in [4.69, 9.17) is 9.31 Å². The zero-order chi connectivity index (χ0) is 14.1. The van der Waals surface area contributed by atoms with Gasteiger partial charge in [0, 0.05) is 0 Å². The number of benzene rings is 1. The van der Waals surface area contributed by atoms with Gasteiger partial charge in [0.1, 0.15) is 0 Å². The lowest BCUT2D eigenvalue weighted by molar-refractivity contribution is -0.109. The molecule has 1 fully saturated rings. The summed E-state index contributed by atoms with van der Waals surface area (Å²) in [4.78, 5) is 10.2. The van der Waals surface area contributed by atoms with Crippen LogP contribution in [0.5, 0.6) is 0 Å². The van der Waals surface area contributed by atoms with Crippen LogP contribution in [0.4, 0.5) is 5.69 Å². The first kappa shape index (κ1) is 13.9. The topological polar surface area (TPSA) is 59.6 Å². The lowest BCUT2D eigenvalue weighted by Crippen LogP contribution is -2.41. The van der Waals surface area contributed by atoms with Crippen LogP contribution in [0.1, 0.15) is 27.7 Å². The van der Waals surface area contributed by atoms with Crippen LogP contribution in [-0.4, -0.2) is 24.7 Å². The summed E-state index contributed by atoms with van der Waals surface area (Å²) in [6.07, 6.45) is 0.585. The van der Waals surface area contributed by atoms with Crippen molar-refractivity contribution in [2.75, 3.05) is 5.43 Å². The summed E-state index contributed by atoms with van der Waals surface area (Å²) in [5.74, 6) is 0. The number of carbonyl (C=O) groups excluding carboxylic acids is 1. The van der Waals surface area contributed by atoms with E-state index in [1.54, 1.807) is 0 Å². The molecule has 0 aromatic heterocycles. The number of carbonyl (C=O) groups is 1. The molecule has 1 heterocycles. The van der Waals surface area contributed by atoms with E-state index in [1.165, 1.54) is 0 Å². The quantitative estimate of drug-likeness (QED) is 0.484. The van der Waals surface area contributed by atoms with Crippen molar-refractivity contribution >= 4 is 24.7 Å². The second-order valence-electron chi connectivity index (χ2n) is 5.60. The third-order valence-corrected chi connectivity index (χ3v) is 3.71. The van der Waals surface area contributed by atoms with Crippen molar-refractivity contribution in [3.8, 4) is 0 Å². The van der Waals surface area contributed by atoms with Crippen LogP contribution in [0.2, 0.25) is 0 Å². The van der Waals surface area contributed by atoms with E-state index in [1.807, 2.05) is 52.0 Å². The first-order valence-electron chi connectivity index (χ1n) is 6.26. The van der Waals surface area contributed by atoms with Gasteiger partial charge < -0.3 is 9.31 Å². The van der Waals surface area contributed by atoms with E-state index in [2.05, 4.69) is 10.9 Å². The SMILES string of the molecule is CC1(C)OB(c2ccc(NNC=O)cc2)OC1(C)C. The van der Waals surface area contributed by atoms with Crippen LogP contribution >= 0.6 is 0 Å². The monoisotopic (exact) mass is 262 g/mol.